The number of ether oxygens (including phenoxy) is 1. The van der Waals surface area contributed by atoms with Crippen LogP contribution in [-0.4, -0.2) is 23.1 Å². The summed E-state index contributed by atoms with van der Waals surface area (Å²) >= 11 is 0. The first kappa shape index (κ1) is 44.6. The molecule has 0 rings (SSSR count). The van der Waals surface area contributed by atoms with Crippen molar-refractivity contribution in [3.05, 3.63) is 60.8 Å². The molecule has 0 aromatic heterocycles. The minimum absolute atomic E-state index is 0.0115. The quantitative estimate of drug-likeness (QED) is 0.0419. The van der Waals surface area contributed by atoms with Gasteiger partial charge >= 0.3 is 11.9 Å². The lowest BCUT2D eigenvalue weighted by molar-refractivity contribution is -0.150. The van der Waals surface area contributed by atoms with Gasteiger partial charge < -0.3 is 9.84 Å². The van der Waals surface area contributed by atoms with Crippen LogP contribution in [0.4, 0.5) is 0 Å². The van der Waals surface area contributed by atoms with Crippen molar-refractivity contribution in [2.24, 2.45) is 0 Å². The highest BCUT2D eigenvalue weighted by atomic mass is 16.5. The summed E-state index contributed by atoms with van der Waals surface area (Å²) in [5.74, 6) is -0.740. The third-order valence-corrected chi connectivity index (χ3v) is 8.47. The minimum atomic E-state index is -0.710. The van der Waals surface area contributed by atoms with Gasteiger partial charge in [-0.25, -0.2) is 0 Å². The van der Waals surface area contributed by atoms with Gasteiger partial charge in [-0.05, 0) is 103 Å². The van der Waals surface area contributed by atoms with E-state index in [0.29, 0.717) is 6.42 Å². The third-order valence-electron chi connectivity index (χ3n) is 8.47. The van der Waals surface area contributed by atoms with Crippen LogP contribution in [0.1, 0.15) is 194 Å². The molecule has 0 aliphatic carbocycles. The van der Waals surface area contributed by atoms with Gasteiger partial charge in [0, 0.05) is 12.8 Å². The molecule has 4 heteroatoms. The first-order valence-electron chi connectivity index (χ1n) is 19.8. The van der Waals surface area contributed by atoms with Crippen molar-refractivity contribution in [3.63, 3.8) is 0 Å². The van der Waals surface area contributed by atoms with Crippen LogP contribution >= 0.6 is 0 Å². The van der Waals surface area contributed by atoms with Gasteiger partial charge in [0.2, 0.25) is 0 Å². The topological polar surface area (TPSA) is 63.6 Å². The Bertz CT molecular complexity index is 835. The highest BCUT2D eigenvalue weighted by molar-refractivity contribution is 5.69. The number of carbonyl (C=O) groups excluding carboxylic acids is 1. The van der Waals surface area contributed by atoms with Crippen LogP contribution in [0.15, 0.2) is 60.8 Å². The number of rotatable bonds is 35. The molecule has 0 saturated carbocycles. The lowest BCUT2D eigenvalue weighted by atomic mass is 10.0. The summed E-state index contributed by atoms with van der Waals surface area (Å²) in [7, 11) is 0. The Morgan fingerprint density at radius 2 is 0.894 bits per heavy atom. The van der Waals surface area contributed by atoms with Crippen LogP contribution in [-0.2, 0) is 14.3 Å². The van der Waals surface area contributed by atoms with Crippen molar-refractivity contribution < 1.29 is 19.4 Å². The lowest BCUT2D eigenvalue weighted by Gasteiger charge is -2.18. The fraction of sp³-hybridized carbons (Fsp3) is 0.721. The lowest BCUT2D eigenvalue weighted by Crippen LogP contribution is -2.18. The Hall–Kier alpha value is -2.36. The van der Waals surface area contributed by atoms with Crippen molar-refractivity contribution >= 4 is 11.9 Å². The maximum Gasteiger partial charge on any atom is 0.306 e. The van der Waals surface area contributed by atoms with Crippen LogP contribution in [0, 0.1) is 0 Å². The van der Waals surface area contributed by atoms with Crippen molar-refractivity contribution in [1.82, 2.24) is 0 Å². The number of allylic oxidation sites excluding steroid dienone is 10. The Kier molecular flexibility index (Phi) is 36.2. The molecule has 0 fully saturated rings. The number of carboxylic acids is 1. The molecule has 1 N–H and O–H groups in total. The van der Waals surface area contributed by atoms with E-state index in [0.717, 1.165) is 103 Å². The Balaban J connectivity index is 4.18. The third kappa shape index (κ3) is 38.0. The number of unbranched alkanes of at least 4 members (excludes halogenated alkanes) is 16. The Labute approximate surface area is 291 Å². The molecular weight excluding hydrogens is 580 g/mol. The van der Waals surface area contributed by atoms with E-state index in [1.165, 1.54) is 64.2 Å². The average molecular weight is 655 g/mol. The number of carboxylic acid groups (broad SMARTS) is 1. The summed E-state index contributed by atoms with van der Waals surface area (Å²) in [6.45, 7) is 4.42. The number of hydrogen-bond acceptors (Lipinski definition) is 3. The van der Waals surface area contributed by atoms with E-state index in [2.05, 4.69) is 74.6 Å². The van der Waals surface area contributed by atoms with E-state index in [1.807, 2.05) is 0 Å². The Morgan fingerprint density at radius 1 is 0.489 bits per heavy atom. The van der Waals surface area contributed by atoms with E-state index < -0.39 is 5.97 Å². The first-order chi connectivity index (χ1) is 23.1. The second-order valence-corrected chi connectivity index (χ2v) is 13.1. The van der Waals surface area contributed by atoms with Gasteiger partial charge in [-0.2, -0.15) is 0 Å². The second-order valence-electron chi connectivity index (χ2n) is 13.1. The van der Waals surface area contributed by atoms with E-state index >= 15 is 0 Å². The van der Waals surface area contributed by atoms with Gasteiger partial charge in [0.1, 0.15) is 6.10 Å². The summed E-state index contributed by atoms with van der Waals surface area (Å²) < 4.78 is 5.98. The van der Waals surface area contributed by atoms with Gasteiger partial charge in [0.15, 0.2) is 0 Å². The maximum atomic E-state index is 12.7. The Morgan fingerprint density at radius 3 is 1.45 bits per heavy atom. The molecule has 0 aliphatic heterocycles. The van der Waals surface area contributed by atoms with E-state index in [9.17, 15) is 9.59 Å². The molecule has 1 atom stereocenters. The monoisotopic (exact) mass is 655 g/mol. The first-order valence-corrected chi connectivity index (χ1v) is 19.8. The summed E-state index contributed by atoms with van der Waals surface area (Å²) in [6.07, 6.45) is 52.3. The molecular formula is C43H74O4. The highest BCUT2D eigenvalue weighted by Gasteiger charge is 2.14. The van der Waals surface area contributed by atoms with Crippen molar-refractivity contribution in [3.8, 4) is 0 Å². The fourth-order valence-corrected chi connectivity index (χ4v) is 5.58. The molecule has 1 unspecified atom stereocenters. The molecule has 0 radical (unpaired) electrons. The largest absolute Gasteiger partial charge is 0.481 e. The SMILES string of the molecule is CC/C=C\C/C=C\C/C=C\C/C=C\CCCCC(CCCCCCCC(=O)O)OC(=O)CCCCCCC/C=C\CCCCCCC. The van der Waals surface area contributed by atoms with Crippen molar-refractivity contribution in [1.29, 1.82) is 0 Å². The predicted molar refractivity (Wildman–Crippen MR) is 204 cm³/mol. The van der Waals surface area contributed by atoms with Crippen LogP contribution in [0.5, 0.6) is 0 Å². The maximum absolute atomic E-state index is 12.7. The molecule has 47 heavy (non-hydrogen) atoms. The molecule has 4 nitrogen and oxygen atoms in total. The molecule has 0 saturated heterocycles. The van der Waals surface area contributed by atoms with Crippen molar-refractivity contribution in [2.45, 2.75) is 200 Å². The van der Waals surface area contributed by atoms with E-state index in [-0.39, 0.29) is 18.5 Å². The number of aliphatic carboxylic acids is 1. The average Bonchev–Trinajstić information content (AvgIpc) is 3.05. The van der Waals surface area contributed by atoms with Crippen LogP contribution in [0.25, 0.3) is 0 Å². The van der Waals surface area contributed by atoms with Gasteiger partial charge in [-0.15, -0.1) is 0 Å². The van der Waals surface area contributed by atoms with E-state index in [4.69, 9.17) is 9.84 Å². The molecule has 0 heterocycles. The molecule has 0 bridgehead atoms. The zero-order chi connectivity index (χ0) is 34.3. The zero-order valence-corrected chi connectivity index (χ0v) is 30.8. The van der Waals surface area contributed by atoms with Gasteiger partial charge in [0.05, 0.1) is 0 Å². The fourth-order valence-electron chi connectivity index (χ4n) is 5.58. The molecule has 270 valence electrons. The summed E-state index contributed by atoms with van der Waals surface area (Å²) in [5, 5.41) is 8.82. The predicted octanol–water partition coefficient (Wildman–Crippen LogP) is 13.7. The summed E-state index contributed by atoms with van der Waals surface area (Å²) in [4.78, 5) is 23.4. The van der Waals surface area contributed by atoms with Crippen LogP contribution in [0.2, 0.25) is 0 Å². The standard InChI is InChI=1S/C43H74O4/c1-3-5-7-9-11-13-15-17-19-20-22-24-26-29-33-37-41(38-34-30-28-31-35-39-42(44)45)47-43(46)40-36-32-27-25-23-21-18-16-14-12-10-8-6-4-2/h5,7,11,13,16-19,22,24,41H,3-4,6,8-10,12,14-15,20-21,23,25-40H2,1-2H3,(H,44,45)/b7-5-,13-11-,18-16-,19-17-,24-22-. The van der Waals surface area contributed by atoms with Gasteiger partial charge in [-0.3, -0.25) is 9.59 Å². The normalized spacial score (nSPS) is 12.9. The minimum Gasteiger partial charge on any atom is -0.481 e. The van der Waals surface area contributed by atoms with Crippen molar-refractivity contribution in [2.75, 3.05) is 0 Å². The summed E-state index contributed by atoms with van der Waals surface area (Å²) in [5.41, 5.74) is 0. The highest BCUT2D eigenvalue weighted by Crippen LogP contribution is 2.18. The smallest absolute Gasteiger partial charge is 0.306 e. The second kappa shape index (κ2) is 38.1. The number of hydrogen-bond donors (Lipinski definition) is 1. The number of carbonyl (C=O) groups is 2. The van der Waals surface area contributed by atoms with E-state index in [1.54, 1.807) is 0 Å². The van der Waals surface area contributed by atoms with Gasteiger partial charge in [-0.1, -0.05) is 139 Å². The molecule has 0 spiro atoms. The molecule has 0 aliphatic rings. The zero-order valence-electron chi connectivity index (χ0n) is 30.8. The van der Waals surface area contributed by atoms with Crippen LogP contribution < -0.4 is 0 Å². The van der Waals surface area contributed by atoms with Crippen LogP contribution in [0.3, 0.4) is 0 Å². The summed E-state index contributed by atoms with van der Waals surface area (Å²) in [6, 6.07) is 0. The molecule has 0 aromatic carbocycles. The molecule has 0 amide bonds. The number of esters is 1. The van der Waals surface area contributed by atoms with Gasteiger partial charge in [0.25, 0.3) is 0 Å². The molecule has 0 aromatic rings.